The van der Waals surface area contributed by atoms with Crippen LogP contribution in [0.2, 0.25) is 0 Å². The van der Waals surface area contributed by atoms with E-state index in [2.05, 4.69) is 4.99 Å². The van der Waals surface area contributed by atoms with Crippen molar-refractivity contribution in [2.24, 2.45) is 4.99 Å². The molecule has 0 spiro atoms. The number of esters is 1. The maximum Gasteiger partial charge on any atom is 0.326 e. The van der Waals surface area contributed by atoms with Crippen LogP contribution in [0.25, 0.3) is 10.2 Å². The van der Waals surface area contributed by atoms with Gasteiger partial charge in [0, 0.05) is 0 Å². The summed E-state index contributed by atoms with van der Waals surface area (Å²) in [5.41, 5.74) is 2.12. The number of nitrogens with zero attached hydrogens (tertiary/aromatic N) is 2. The van der Waals surface area contributed by atoms with Crippen molar-refractivity contribution in [3.05, 3.63) is 52.3 Å². The van der Waals surface area contributed by atoms with Crippen LogP contribution in [0.3, 0.4) is 0 Å². The lowest BCUT2D eigenvalue weighted by Crippen LogP contribution is -2.23. The number of fused-ring (bicyclic) bond motifs is 1. The first-order valence-electron chi connectivity index (χ1n) is 9.04. The number of hydrogen-bond acceptors (Lipinski definition) is 6. The minimum absolute atomic E-state index is 0.0356. The third kappa shape index (κ3) is 4.32. The van der Waals surface area contributed by atoms with Gasteiger partial charge in [0.15, 0.2) is 4.80 Å². The molecule has 0 radical (unpaired) electrons. The largest absolute Gasteiger partial charge is 0.496 e. The lowest BCUT2D eigenvalue weighted by Gasteiger charge is -2.10. The summed E-state index contributed by atoms with van der Waals surface area (Å²) >= 11 is 1.33. The van der Waals surface area contributed by atoms with E-state index in [0.29, 0.717) is 16.3 Å². The van der Waals surface area contributed by atoms with E-state index < -0.39 is 11.9 Å². The highest BCUT2D eigenvalue weighted by Crippen LogP contribution is 2.29. The molecule has 1 amide bonds. The number of hydrogen-bond donors (Lipinski definition) is 0. The lowest BCUT2D eigenvalue weighted by molar-refractivity contribution is -0.143. The molecular formula is C21H22N2O5S. The van der Waals surface area contributed by atoms with Gasteiger partial charge >= 0.3 is 5.97 Å². The molecule has 1 aromatic heterocycles. The summed E-state index contributed by atoms with van der Waals surface area (Å²) in [6, 6.07) is 10.9. The standard InChI is InChI=1S/C21H22N2O5S/c1-5-28-18(24)12-23-14-10-9-13(2)11-17(14)29-21(23)22-20(25)19-15(26-3)7-6-8-16(19)27-4/h6-11H,5,12H2,1-4H3. The van der Waals surface area contributed by atoms with Gasteiger partial charge in [-0.3, -0.25) is 9.59 Å². The number of ether oxygens (including phenoxy) is 3. The Labute approximate surface area is 172 Å². The van der Waals surface area contributed by atoms with Crippen molar-refractivity contribution in [1.29, 1.82) is 0 Å². The maximum absolute atomic E-state index is 13.0. The fraction of sp³-hybridized carbons (Fsp3) is 0.286. The van der Waals surface area contributed by atoms with Crippen LogP contribution in [-0.4, -0.2) is 37.3 Å². The van der Waals surface area contributed by atoms with Crippen LogP contribution in [-0.2, 0) is 16.1 Å². The van der Waals surface area contributed by atoms with Crippen molar-refractivity contribution in [1.82, 2.24) is 4.57 Å². The maximum atomic E-state index is 13.0. The van der Waals surface area contributed by atoms with E-state index >= 15 is 0 Å². The molecule has 152 valence electrons. The average molecular weight is 414 g/mol. The lowest BCUT2D eigenvalue weighted by atomic mass is 10.1. The molecular weight excluding hydrogens is 392 g/mol. The molecule has 0 N–H and O–H groups in total. The Morgan fingerprint density at radius 2 is 1.79 bits per heavy atom. The molecule has 0 saturated carbocycles. The minimum Gasteiger partial charge on any atom is -0.496 e. The van der Waals surface area contributed by atoms with Gasteiger partial charge in [0.25, 0.3) is 5.91 Å². The van der Waals surface area contributed by atoms with E-state index in [1.54, 1.807) is 29.7 Å². The summed E-state index contributed by atoms with van der Waals surface area (Å²) in [6.07, 6.45) is 0. The first kappa shape index (κ1) is 20.6. The van der Waals surface area contributed by atoms with Gasteiger partial charge < -0.3 is 18.8 Å². The second-order valence-electron chi connectivity index (χ2n) is 6.20. The summed E-state index contributed by atoms with van der Waals surface area (Å²) in [7, 11) is 2.96. The smallest absolute Gasteiger partial charge is 0.326 e. The number of amides is 1. The van der Waals surface area contributed by atoms with Crippen LogP contribution in [0.15, 0.2) is 41.4 Å². The van der Waals surface area contributed by atoms with E-state index in [-0.39, 0.29) is 18.7 Å². The number of carbonyl (C=O) groups excluding carboxylic acids is 2. The molecule has 1 heterocycles. The second-order valence-corrected chi connectivity index (χ2v) is 7.21. The normalized spacial score (nSPS) is 11.5. The number of aromatic nitrogens is 1. The van der Waals surface area contributed by atoms with E-state index in [0.717, 1.165) is 15.8 Å². The van der Waals surface area contributed by atoms with Gasteiger partial charge in [-0.25, -0.2) is 0 Å². The molecule has 0 aliphatic rings. The van der Waals surface area contributed by atoms with Crippen LogP contribution < -0.4 is 14.3 Å². The molecule has 3 aromatic rings. The number of carbonyl (C=O) groups is 2. The van der Waals surface area contributed by atoms with Crippen LogP contribution in [0.1, 0.15) is 22.8 Å². The van der Waals surface area contributed by atoms with E-state index in [9.17, 15) is 9.59 Å². The molecule has 8 heteroatoms. The van der Waals surface area contributed by atoms with Gasteiger partial charge in [-0.2, -0.15) is 4.99 Å². The van der Waals surface area contributed by atoms with Crippen LogP contribution in [0.4, 0.5) is 0 Å². The first-order valence-corrected chi connectivity index (χ1v) is 9.85. The number of rotatable bonds is 6. The van der Waals surface area contributed by atoms with Crippen molar-refractivity contribution in [2.45, 2.75) is 20.4 Å². The summed E-state index contributed by atoms with van der Waals surface area (Å²) in [4.78, 5) is 29.9. The molecule has 0 saturated heterocycles. The first-order chi connectivity index (χ1) is 14.0. The van der Waals surface area contributed by atoms with E-state index in [1.807, 2.05) is 25.1 Å². The second kappa shape index (κ2) is 8.91. The number of thiazole rings is 1. The molecule has 3 rings (SSSR count). The molecule has 7 nitrogen and oxygen atoms in total. The van der Waals surface area contributed by atoms with Gasteiger partial charge in [-0.1, -0.05) is 23.5 Å². The molecule has 2 aromatic carbocycles. The van der Waals surface area contributed by atoms with Crippen LogP contribution in [0.5, 0.6) is 11.5 Å². The zero-order valence-corrected chi connectivity index (χ0v) is 17.5. The van der Waals surface area contributed by atoms with Crippen molar-refractivity contribution < 1.29 is 23.8 Å². The third-order valence-corrected chi connectivity index (χ3v) is 5.31. The molecule has 29 heavy (non-hydrogen) atoms. The molecule has 0 atom stereocenters. The number of methoxy groups -OCH3 is 2. The highest BCUT2D eigenvalue weighted by Gasteiger charge is 2.19. The van der Waals surface area contributed by atoms with E-state index in [4.69, 9.17) is 14.2 Å². The molecule has 0 unspecified atom stereocenters. The van der Waals surface area contributed by atoms with Crippen LogP contribution in [0, 0.1) is 6.92 Å². The van der Waals surface area contributed by atoms with Crippen molar-refractivity contribution in [3.63, 3.8) is 0 Å². The Hall–Kier alpha value is -3.13. The van der Waals surface area contributed by atoms with Crippen molar-refractivity contribution in [2.75, 3.05) is 20.8 Å². The van der Waals surface area contributed by atoms with Gasteiger partial charge in [0.05, 0.1) is 31.0 Å². The van der Waals surface area contributed by atoms with E-state index in [1.165, 1.54) is 25.6 Å². The minimum atomic E-state index is -0.514. The molecule has 0 bridgehead atoms. The molecule has 0 aliphatic carbocycles. The van der Waals surface area contributed by atoms with Gasteiger partial charge in [0.1, 0.15) is 23.6 Å². The fourth-order valence-corrected chi connectivity index (χ4v) is 4.09. The molecule has 0 fully saturated rings. The zero-order valence-electron chi connectivity index (χ0n) is 16.7. The fourth-order valence-electron chi connectivity index (χ4n) is 2.96. The highest BCUT2D eigenvalue weighted by molar-refractivity contribution is 7.16. The summed E-state index contributed by atoms with van der Waals surface area (Å²) < 4.78 is 18.3. The van der Waals surface area contributed by atoms with Gasteiger partial charge in [-0.05, 0) is 43.7 Å². The monoisotopic (exact) mass is 414 g/mol. The predicted molar refractivity (Wildman–Crippen MR) is 111 cm³/mol. The quantitative estimate of drug-likeness (QED) is 0.578. The Morgan fingerprint density at radius 1 is 1.10 bits per heavy atom. The Morgan fingerprint density at radius 3 is 2.41 bits per heavy atom. The number of benzene rings is 2. The highest BCUT2D eigenvalue weighted by atomic mass is 32.1. The number of aryl methyl sites for hydroxylation is 1. The topological polar surface area (TPSA) is 79.1 Å². The Bertz CT molecular complexity index is 1110. The predicted octanol–water partition coefficient (Wildman–Crippen LogP) is 3.33. The van der Waals surface area contributed by atoms with Crippen molar-refractivity contribution >= 4 is 33.4 Å². The SMILES string of the molecule is CCOC(=O)Cn1c(=NC(=O)c2c(OC)cccc2OC)sc2cc(C)ccc21. The Balaban J connectivity index is 2.17. The third-order valence-electron chi connectivity index (χ3n) is 4.27. The summed E-state index contributed by atoms with van der Waals surface area (Å²) in [5.74, 6) is -0.171. The van der Waals surface area contributed by atoms with Crippen LogP contribution >= 0.6 is 11.3 Å². The summed E-state index contributed by atoms with van der Waals surface area (Å²) in [5, 5.41) is 0. The van der Waals surface area contributed by atoms with Gasteiger partial charge in [0.2, 0.25) is 0 Å². The average Bonchev–Trinajstić information content (AvgIpc) is 3.03. The summed E-state index contributed by atoms with van der Waals surface area (Å²) in [6.45, 7) is 3.98. The zero-order chi connectivity index (χ0) is 21.0. The molecule has 0 aliphatic heterocycles. The van der Waals surface area contributed by atoms with Crippen molar-refractivity contribution in [3.8, 4) is 11.5 Å². The van der Waals surface area contributed by atoms with Gasteiger partial charge in [-0.15, -0.1) is 0 Å². The Kier molecular flexibility index (Phi) is 6.33.